The fourth-order valence-electron chi connectivity index (χ4n) is 3.05. The zero-order valence-corrected chi connectivity index (χ0v) is 18.1. The number of sulfonamides is 1. The summed E-state index contributed by atoms with van der Waals surface area (Å²) in [6, 6.07) is 10.6. The zero-order chi connectivity index (χ0) is 20.9. The zero-order valence-electron chi connectivity index (χ0n) is 15.7. The van der Waals surface area contributed by atoms with E-state index in [4.69, 9.17) is 11.6 Å². The third-order valence-corrected chi connectivity index (χ3v) is 7.73. The van der Waals surface area contributed by atoms with Gasteiger partial charge >= 0.3 is 0 Å². The average molecular weight is 457 g/mol. The second kappa shape index (κ2) is 9.93. The van der Waals surface area contributed by atoms with Gasteiger partial charge in [0.1, 0.15) is 5.82 Å². The molecular weight excluding hydrogens is 435 g/mol. The molecule has 29 heavy (non-hydrogen) atoms. The summed E-state index contributed by atoms with van der Waals surface area (Å²) in [7, 11) is -3.49. The molecule has 0 atom stereocenters. The smallest absolute Gasteiger partial charge is 0.243 e. The fourth-order valence-corrected chi connectivity index (χ4v) is 5.54. The summed E-state index contributed by atoms with van der Waals surface area (Å²) in [6.45, 7) is 1.10. The predicted molar refractivity (Wildman–Crippen MR) is 115 cm³/mol. The number of halogens is 2. The van der Waals surface area contributed by atoms with Gasteiger partial charge in [-0.05, 0) is 54.8 Å². The van der Waals surface area contributed by atoms with E-state index in [9.17, 15) is 17.6 Å². The number of carbonyl (C=O) groups excluding carboxylic acids is 1. The largest absolute Gasteiger partial charge is 0.325 e. The van der Waals surface area contributed by atoms with Crippen molar-refractivity contribution in [2.24, 2.45) is 0 Å². The lowest BCUT2D eigenvalue weighted by atomic mass is 10.2. The Balaban J connectivity index is 1.52. The molecule has 0 aliphatic carbocycles. The summed E-state index contributed by atoms with van der Waals surface area (Å²) in [6.07, 6.45) is 2.82. The van der Waals surface area contributed by atoms with Crippen LogP contribution in [0.5, 0.6) is 0 Å². The lowest BCUT2D eigenvalue weighted by molar-refractivity contribution is -0.113. The summed E-state index contributed by atoms with van der Waals surface area (Å²) in [5, 5.41) is 3.06. The van der Waals surface area contributed by atoms with E-state index in [2.05, 4.69) is 5.32 Å². The van der Waals surface area contributed by atoms with Gasteiger partial charge in [0.15, 0.2) is 0 Å². The molecule has 0 spiro atoms. The van der Waals surface area contributed by atoms with Crippen LogP contribution >= 0.6 is 23.4 Å². The summed E-state index contributed by atoms with van der Waals surface area (Å²) < 4.78 is 40.5. The first-order valence-corrected chi connectivity index (χ1v) is 12.3. The quantitative estimate of drug-likeness (QED) is 0.664. The van der Waals surface area contributed by atoms with Crippen molar-refractivity contribution in [2.75, 3.05) is 24.2 Å². The minimum Gasteiger partial charge on any atom is -0.325 e. The maximum Gasteiger partial charge on any atom is 0.243 e. The highest BCUT2D eigenvalue weighted by molar-refractivity contribution is 7.99. The number of amides is 1. The van der Waals surface area contributed by atoms with Crippen LogP contribution in [0, 0.1) is 5.82 Å². The van der Waals surface area contributed by atoms with Crippen LogP contribution in [0.4, 0.5) is 10.1 Å². The van der Waals surface area contributed by atoms with Crippen molar-refractivity contribution >= 4 is 45.0 Å². The normalized spacial score (nSPS) is 15.2. The maximum absolute atomic E-state index is 13.7. The van der Waals surface area contributed by atoms with Crippen LogP contribution in [0.1, 0.15) is 24.8 Å². The van der Waals surface area contributed by atoms with Crippen molar-refractivity contribution in [3.05, 3.63) is 58.9 Å². The predicted octanol–water partition coefficient (Wildman–Crippen LogP) is 4.53. The van der Waals surface area contributed by atoms with E-state index in [1.165, 1.54) is 34.3 Å². The van der Waals surface area contributed by atoms with E-state index in [-0.39, 0.29) is 16.6 Å². The number of thioether (sulfide) groups is 1. The van der Waals surface area contributed by atoms with E-state index < -0.39 is 15.8 Å². The first-order valence-electron chi connectivity index (χ1n) is 9.28. The minimum atomic E-state index is -3.49. The molecule has 2 aromatic carbocycles. The second-order valence-corrected chi connectivity index (χ2v) is 10.1. The summed E-state index contributed by atoms with van der Waals surface area (Å²) in [5.74, 6) is -0.133. The van der Waals surface area contributed by atoms with Crippen molar-refractivity contribution in [1.82, 2.24) is 4.31 Å². The number of benzene rings is 2. The Morgan fingerprint density at radius 2 is 1.79 bits per heavy atom. The van der Waals surface area contributed by atoms with E-state index in [0.717, 1.165) is 19.3 Å². The van der Waals surface area contributed by atoms with Gasteiger partial charge in [0.25, 0.3) is 0 Å². The number of carbonyl (C=O) groups is 1. The van der Waals surface area contributed by atoms with Crippen LogP contribution in [0.3, 0.4) is 0 Å². The van der Waals surface area contributed by atoms with E-state index in [1.807, 2.05) is 0 Å². The van der Waals surface area contributed by atoms with E-state index in [0.29, 0.717) is 35.1 Å². The van der Waals surface area contributed by atoms with Crippen LogP contribution in [0.25, 0.3) is 0 Å². The summed E-state index contributed by atoms with van der Waals surface area (Å²) >= 11 is 7.01. The van der Waals surface area contributed by atoms with E-state index >= 15 is 0 Å². The number of anilines is 1. The number of piperidine rings is 1. The van der Waals surface area contributed by atoms with Gasteiger partial charge < -0.3 is 5.32 Å². The minimum absolute atomic E-state index is 0.149. The number of hydrogen-bond donors (Lipinski definition) is 1. The Morgan fingerprint density at radius 3 is 2.45 bits per heavy atom. The van der Waals surface area contributed by atoms with Gasteiger partial charge in [-0.1, -0.05) is 24.1 Å². The number of nitrogens with one attached hydrogen (secondary N) is 1. The van der Waals surface area contributed by atoms with Crippen molar-refractivity contribution in [3.63, 3.8) is 0 Å². The third-order valence-electron chi connectivity index (χ3n) is 4.60. The molecule has 5 nitrogen and oxygen atoms in total. The molecule has 1 fully saturated rings. The Morgan fingerprint density at radius 1 is 1.10 bits per heavy atom. The standard InChI is InChI=1S/C20H22ClFN2O3S2/c21-16-5-4-15(19(22)12-16)13-28-14-20(25)23-17-6-8-18(9-7-17)29(26,27)24-10-2-1-3-11-24/h4-9,12H,1-3,10-11,13-14H2,(H,23,25). The number of hydrogen-bond acceptors (Lipinski definition) is 4. The molecule has 0 saturated carbocycles. The highest BCUT2D eigenvalue weighted by atomic mass is 35.5. The average Bonchev–Trinajstić information content (AvgIpc) is 2.71. The number of nitrogens with zero attached hydrogens (tertiary/aromatic N) is 1. The Kier molecular flexibility index (Phi) is 7.56. The molecule has 1 amide bonds. The van der Waals surface area contributed by atoms with Gasteiger partial charge in [-0.15, -0.1) is 11.8 Å². The molecule has 156 valence electrons. The van der Waals surface area contributed by atoms with Crippen molar-refractivity contribution < 1.29 is 17.6 Å². The molecular formula is C20H22ClFN2O3S2. The molecule has 1 aliphatic rings. The van der Waals surface area contributed by atoms with Crippen LogP contribution in [-0.2, 0) is 20.6 Å². The van der Waals surface area contributed by atoms with Crippen LogP contribution in [-0.4, -0.2) is 37.5 Å². The van der Waals surface area contributed by atoms with Crippen molar-refractivity contribution in [2.45, 2.75) is 29.9 Å². The van der Waals surface area contributed by atoms with Gasteiger partial charge in [-0.2, -0.15) is 4.31 Å². The topological polar surface area (TPSA) is 66.5 Å². The Labute approximate surface area is 179 Å². The molecule has 0 bridgehead atoms. The lowest BCUT2D eigenvalue weighted by Gasteiger charge is -2.25. The number of rotatable bonds is 7. The van der Waals surface area contributed by atoms with Gasteiger partial charge in [0.2, 0.25) is 15.9 Å². The van der Waals surface area contributed by atoms with Crippen LogP contribution in [0.15, 0.2) is 47.4 Å². The van der Waals surface area contributed by atoms with E-state index in [1.54, 1.807) is 24.3 Å². The summed E-state index contributed by atoms with van der Waals surface area (Å²) in [5.41, 5.74) is 1.00. The molecule has 3 rings (SSSR count). The molecule has 1 heterocycles. The van der Waals surface area contributed by atoms with Crippen LogP contribution in [0.2, 0.25) is 5.02 Å². The fraction of sp³-hybridized carbons (Fsp3) is 0.350. The SMILES string of the molecule is O=C(CSCc1ccc(Cl)cc1F)Nc1ccc(S(=O)(=O)N2CCCCC2)cc1. The lowest BCUT2D eigenvalue weighted by Crippen LogP contribution is -2.35. The maximum atomic E-state index is 13.7. The van der Waals surface area contributed by atoms with Gasteiger partial charge in [-0.25, -0.2) is 12.8 Å². The van der Waals surface area contributed by atoms with Crippen LogP contribution < -0.4 is 5.32 Å². The Bertz CT molecular complexity index is 962. The molecule has 1 aliphatic heterocycles. The van der Waals surface area contributed by atoms with Gasteiger partial charge in [-0.3, -0.25) is 4.79 Å². The van der Waals surface area contributed by atoms with Gasteiger partial charge in [0.05, 0.1) is 10.6 Å². The molecule has 1 saturated heterocycles. The van der Waals surface area contributed by atoms with Crippen molar-refractivity contribution in [3.8, 4) is 0 Å². The first kappa shape index (κ1) is 22.1. The molecule has 0 aromatic heterocycles. The molecule has 0 radical (unpaired) electrons. The Hall–Kier alpha value is -1.61. The second-order valence-electron chi connectivity index (χ2n) is 6.77. The molecule has 0 unspecified atom stereocenters. The highest BCUT2D eigenvalue weighted by Gasteiger charge is 2.25. The summed E-state index contributed by atoms with van der Waals surface area (Å²) in [4.78, 5) is 12.3. The molecule has 9 heteroatoms. The third kappa shape index (κ3) is 5.94. The van der Waals surface area contributed by atoms with Gasteiger partial charge in [0, 0.05) is 29.6 Å². The monoisotopic (exact) mass is 456 g/mol. The molecule has 1 N–H and O–H groups in total. The molecule has 2 aromatic rings. The van der Waals surface area contributed by atoms with Crippen molar-refractivity contribution in [1.29, 1.82) is 0 Å². The first-order chi connectivity index (χ1) is 13.9. The highest BCUT2D eigenvalue weighted by Crippen LogP contribution is 2.23.